The van der Waals surface area contributed by atoms with E-state index in [1.54, 1.807) is 0 Å². The molecule has 4 nitrogen and oxygen atoms in total. The number of esters is 1. The summed E-state index contributed by atoms with van der Waals surface area (Å²) in [5.74, 6) is -0.121. The number of hydrogen-bond donors (Lipinski definition) is 1. The summed E-state index contributed by atoms with van der Waals surface area (Å²) >= 11 is 0. The molecule has 0 amide bonds. The van der Waals surface area contributed by atoms with Crippen LogP contribution in [-0.2, 0) is 9.53 Å². The van der Waals surface area contributed by atoms with Gasteiger partial charge >= 0.3 is 5.97 Å². The summed E-state index contributed by atoms with van der Waals surface area (Å²) in [7, 11) is 0. The standard InChI is InChI=1S/C15H27NO3/c17-15-12-9-11-14(16-18)10-7-5-3-1-2-4-6-8-13-19-15/h18H,1-13H2. The molecular weight excluding hydrogens is 242 g/mol. The van der Waals surface area contributed by atoms with Gasteiger partial charge in [0.05, 0.1) is 12.3 Å². The number of cyclic esters (lactones) is 1. The third kappa shape index (κ3) is 8.62. The fraction of sp³-hybridized carbons (Fsp3) is 0.867. The van der Waals surface area contributed by atoms with Gasteiger partial charge in [0, 0.05) is 6.42 Å². The van der Waals surface area contributed by atoms with Gasteiger partial charge in [0.25, 0.3) is 0 Å². The Bertz CT molecular complexity index is 277. The van der Waals surface area contributed by atoms with Gasteiger partial charge < -0.3 is 9.94 Å². The molecule has 0 spiro atoms. The Balaban J connectivity index is 2.30. The monoisotopic (exact) mass is 269 g/mol. The van der Waals surface area contributed by atoms with Crippen LogP contribution >= 0.6 is 0 Å². The SMILES string of the molecule is O=C1CCCC(=NO)CCCCCCCCCCO1. The van der Waals surface area contributed by atoms with Gasteiger partial charge in [-0.3, -0.25) is 4.79 Å². The maximum absolute atomic E-state index is 11.4. The number of carbonyl (C=O) groups excluding carboxylic acids is 1. The van der Waals surface area contributed by atoms with Crippen LogP contribution in [0.1, 0.15) is 77.0 Å². The molecule has 0 aliphatic carbocycles. The summed E-state index contributed by atoms with van der Waals surface area (Å²) in [4.78, 5) is 11.4. The minimum absolute atomic E-state index is 0.121. The third-order valence-corrected chi connectivity index (χ3v) is 3.61. The molecule has 0 aromatic heterocycles. The van der Waals surface area contributed by atoms with E-state index < -0.39 is 0 Å². The zero-order chi connectivity index (χ0) is 13.8. The van der Waals surface area contributed by atoms with Crippen molar-refractivity contribution in [3.8, 4) is 0 Å². The smallest absolute Gasteiger partial charge is 0.305 e. The van der Waals surface area contributed by atoms with E-state index in [1.807, 2.05) is 0 Å². The van der Waals surface area contributed by atoms with Gasteiger partial charge in [-0.2, -0.15) is 0 Å². The lowest BCUT2D eigenvalue weighted by Crippen LogP contribution is -2.07. The molecule has 0 bridgehead atoms. The molecule has 4 heteroatoms. The van der Waals surface area contributed by atoms with E-state index in [-0.39, 0.29) is 5.97 Å². The molecular formula is C15H27NO3. The zero-order valence-electron chi connectivity index (χ0n) is 11.9. The predicted molar refractivity (Wildman–Crippen MR) is 75.6 cm³/mol. The van der Waals surface area contributed by atoms with E-state index in [9.17, 15) is 4.79 Å². The maximum atomic E-state index is 11.4. The quantitative estimate of drug-likeness (QED) is 0.410. The molecule has 0 aromatic carbocycles. The van der Waals surface area contributed by atoms with Crippen LogP contribution in [0.3, 0.4) is 0 Å². The number of rotatable bonds is 0. The molecule has 0 aromatic rings. The Hall–Kier alpha value is -1.06. The highest BCUT2D eigenvalue weighted by atomic mass is 16.5. The molecule has 1 N–H and O–H groups in total. The zero-order valence-corrected chi connectivity index (χ0v) is 11.9. The van der Waals surface area contributed by atoms with Gasteiger partial charge in [-0.25, -0.2) is 0 Å². The first-order valence-corrected chi connectivity index (χ1v) is 7.68. The Morgan fingerprint density at radius 2 is 1.37 bits per heavy atom. The van der Waals surface area contributed by atoms with Crippen LogP contribution in [0.4, 0.5) is 0 Å². The Kier molecular flexibility index (Phi) is 9.11. The fourth-order valence-corrected chi connectivity index (χ4v) is 2.41. The summed E-state index contributed by atoms with van der Waals surface area (Å²) in [6, 6.07) is 0. The van der Waals surface area contributed by atoms with E-state index in [0.29, 0.717) is 19.4 Å². The predicted octanol–water partition coefficient (Wildman–Crippen LogP) is 4.05. The topological polar surface area (TPSA) is 58.9 Å². The number of carbonyl (C=O) groups is 1. The number of oxime groups is 1. The highest BCUT2D eigenvalue weighted by molar-refractivity contribution is 5.84. The third-order valence-electron chi connectivity index (χ3n) is 3.61. The van der Waals surface area contributed by atoms with E-state index in [4.69, 9.17) is 9.94 Å². The lowest BCUT2D eigenvalue weighted by molar-refractivity contribution is -0.143. The summed E-state index contributed by atoms with van der Waals surface area (Å²) in [5, 5.41) is 12.3. The van der Waals surface area contributed by atoms with Crippen molar-refractivity contribution in [3.05, 3.63) is 0 Å². The summed E-state index contributed by atoms with van der Waals surface area (Å²) in [6.45, 7) is 0.555. The largest absolute Gasteiger partial charge is 0.466 e. The lowest BCUT2D eigenvalue weighted by Gasteiger charge is -2.08. The molecule has 1 heterocycles. The highest BCUT2D eigenvalue weighted by Gasteiger charge is 2.06. The van der Waals surface area contributed by atoms with Gasteiger partial charge in [-0.1, -0.05) is 43.7 Å². The van der Waals surface area contributed by atoms with Crippen LogP contribution in [0.15, 0.2) is 5.16 Å². The van der Waals surface area contributed by atoms with Crippen LogP contribution in [0.25, 0.3) is 0 Å². The van der Waals surface area contributed by atoms with E-state index in [1.165, 1.54) is 32.1 Å². The van der Waals surface area contributed by atoms with Gasteiger partial charge in [0.1, 0.15) is 0 Å². The first-order chi connectivity index (χ1) is 9.33. The van der Waals surface area contributed by atoms with Crippen LogP contribution in [0.2, 0.25) is 0 Å². The van der Waals surface area contributed by atoms with Gasteiger partial charge in [0.2, 0.25) is 0 Å². The second-order valence-corrected chi connectivity index (χ2v) is 5.32. The van der Waals surface area contributed by atoms with Crippen LogP contribution in [-0.4, -0.2) is 23.5 Å². The first kappa shape index (κ1) is 16.0. The molecule has 0 radical (unpaired) electrons. The van der Waals surface area contributed by atoms with Crippen molar-refractivity contribution in [1.82, 2.24) is 0 Å². The average molecular weight is 269 g/mol. The molecule has 1 fully saturated rings. The van der Waals surface area contributed by atoms with Crippen molar-refractivity contribution in [2.45, 2.75) is 77.0 Å². The Morgan fingerprint density at radius 1 is 0.789 bits per heavy atom. The van der Waals surface area contributed by atoms with E-state index >= 15 is 0 Å². The second kappa shape index (κ2) is 10.8. The molecule has 110 valence electrons. The van der Waals surface area contributed by atoms with Crippen molar-refractivity contribution in [2.75, 3.05) is 6.61 Å². The maximum Gasteiger partial charge on any atom is 0.305 e. The Labute approximate surface area is 116 Å². The summed E-state index contributed by atoms with van der Waals surface area (Å²) in [6.07, 6.45) is 12.2. The number of nitrogens with zero attached hydrogens (tertiary/aromatic N) is 1. The minimum Gasteiger partial charge on any atom is -0.466 e. The van der Waals surface area contributed by atoms with Crippen molar-refractivity contribution in [3.63, 3.8) is 0 Å². The molecule has 1 rings (SSSR count). The van der Waals surface area contributed by atoms with Gasteiger partial charge in [0.15, 0.2) is 0 Å². The molecule has 0 atom stereocenters. The van der Waals surface area contributed by atoms with Gasteiger partial charge in [-0.05, 0) is 32.1 Å². The number of hydrogen-bond acceptors (Lipinski definition) is 4. The van der Waals surface area contributed by atoms with Crippen LogP contribution < -0.4 is 0 Å². The van der Waals surface area contributed by atoms with Gasteiger partial charge in [-0.15, -0.1) is 0 Å². The van der Waals surface area contributed by atoms with E-state index in [2.05, 4.69) is 5.16 Å². The minimum atomic E-state index is -0.121. The number of ether oxygens (including phenoxy) is 1. The van der Waals surface area contributed by atoms with Crippen LogP contribution in [0, 0.1) is 0 Å². The second-order valence-electron chi connectivity index (χ2n) is 5.32. The van der Waals surface area contributed by atoms with Crippen LogP contribution in [0.5, 0.6) is 0 Å². The summed E-state index contributed by atoms with van der Waals surface area (Å²) < 4.78 is 5.17. The van der Waals surface area contributed by atoms with Crippen molar-refractivity contribution < 1.29 is 14.7 Å². The highest BCUT2D eigenvalue weighted by Crippen LogP contribution is 2.12. The molecule has 0 saturated carbocycles. The molecule has 1 saturated heterocycles. The lowest BCUT2D eigenvalue weighted by atomic mass is 10.0. The first-order valence-electron chi connectivity index (χ1n) is 7.68. The summed E-state index contributed by atoms with van der Waals surface area (Å²) in [5.41, 5.74) is 0.819. The fourth-order valence-electron chi connectivity index (χ4n) is 2.41. The van der Waals surface area contributed by atoms with Crippen molar-refractivity contribution >= 4 is 11.7 Å². The van der Waals surface area contributed by atoms with Crippen molar-refractivity contribution in [1.29, 1.82) is 0 Å². The molecule has 19 heavy (non-hydrogen) atoms. The molecule has 0 unspecified atom stereocenters. The Morgan fingerprint density at radius 3 is 2.05 bits per heavy atom. The average Bonchev–Trinajstić information content (AvgIpc) is 2.41. The molecule has 1 aliphatic rings. The van der Waals surface area contributed by atoms with Crippen molar-refractivity contribution in [2.24, 2.45) is 5.16 Å². The normalized spacial score (nSPS) is 24.0. The van der Waals surface area contributed by atoms with E-state index in [0.717, 1.165) is 37.8 Å². The molecule has 1 aliphatic heterocycles.